The number of benzene rings is 2. The highest BCUT2D eigenvalue weighted by Crippen LogP contribution is 2.36. The Morgan fingerprint density at radius 3 is 1.32 bits per heavy atom. The fraction of sp³-hybridized carbons (Fsp3) is 0.200. The summed E-state index contributed by atoms with van der Waals surface area (Å²) in [6.07, 6.45) is -9.08. The van der Waals surface area contributed by atoms with Crippen LogP contribution < -0.4 is 0 Å². The minimum absolute atomic E-state index is 0. The van der Waals surface area contributed by atoms with Crippen LogP contribution in [0, 0.1) is 0 Å². The van der Waals surface area contributed by atoms with Crippen LogP contribution in [-0.4, -0.2) is 4.98 Å². The molecule has 3 aromatic rings. The zero-order valence-corrected chi connectivity index (χ0v) is 10.2. The third kappa shape index (κ3) is 2.63. The first kappa shape index (κ1) is 16.2. The molecule has 0 saturated carbocycles. The molecule has 0 aliphatic rings. The van der Waals surface area contributed by atoms with Crippen LogP contribution in [0.15, 0.2) is 36.4 Å². The molecule has 1 nitrogen and oxygen atoms in total. The third-order valence-electron chi connectivity index (χ3n) is 3.25. The average molecular weight is 319 g/mol. The van der Waals surface area contributed by atoms with Crippen molar-refractivity contribution in [2.24, 2.45) is 0 Å². The van der Waals surface area contributed by atoms with Crippen LogP contribution in [0.25, 0.3) is 21.8 Å². The number of aromatic nitrogens is 1. The number of hydrogen-bond acceptors (Lipinski definition) is 0. The van der Waals surface area contributed by atoms with Crippen LogP contribution >= 0.6 is 0 Å². The van der Waals surface area contributed by atoms with Crippen LogP contribution in [0.3, 0.4) is 0 Å². The van der Waals surface area contributed by atoms with E-state index in [-0.39, 0.29) is 18.2 Å². The number of aromatic amines is 1. The number of H-pyrrole nitrogens is 1. The van der Waals surface area contributed by atoms with E-state index in [2.05, 4.69) is 4.98 Å². The van der Waals surface area contributed by atoms with Gasteiger partial charge in [-0.25, -0.2) is 0 Å². The lowest BCUT2D eigenvalue weighted by atomic mass is 10.1. The van der Waals surface area contributed by atoms with Crippen LogP contribution in [0.1, 0.15) is 18.6 Å². The van der Waals surface area contributed by atoms with Crippen molar-refractivity contribution in [1.82, 2.24) is 4.98 Å². The van der Waals surface area contributed by atoms with Crippen molar-refractivity contribution in [2.45, 2.75) is 19.8 Å². The first-order valence-corrected chi connectivity index (χ1v) is 5.86. The number of nitrogens with one attached hydrogen (secondary N) is 1. The average Bonchev–Trinajstić information content (AvgIpc) is 2.73. The summed E-state index contributed by atoms with van der Waals surface area (Å²) < 4.78 is 76.2. The molecule has 7 heteroatoms. The zero-order valence-electron chi connectivity index (χ0n) is 10.2. The Morgan fingerprint density at radius 1 is 0.636 bits per heavy atom. The fourth-order valence-electron chi connectivity index (χ4n) is 2.25. The molecule has 0 unspecified atom stereocenters. The molecule has 0 bridgehead atoms. The Morgan fingerprint density at radius 2 is 1.00 bits per heavy atom. The SMILES string of the molecule is C.FC(F)(F)c1ccc2[nH]c3ccc(C(F)(F)F)cc3c2c1. The lowest BCUT2D eigenvalue weighted by Gasteiger charge is -2.07. The summed E-state index contributed by atoms with van der Waals surface area (Å²) in [6, 6.07) is 5.92. The van der Waals surface area contributed by atoms with Crippen molar-refractivity contribution >= 4 is 21.8 Å². The van der Waals surface area contributed by atoms with Crippen LogP contribution in [-0.2, 0) is 12.4 Å². The standard InChI is InChI=1S/C14H7F6N.CH4/c15-13(16,17)7-1-3-11-9(5-7)10-6-8(14(18,19)20)2-4-12(10)21-11;/h1-6,21H;1H4. The maximum absolute atomic E-state index is 12.7. The van der Waals surface area contributed by atoms with Gasteiger partial charge in [-0.15, -0.1) is 0 Å². The van der Waals surface area contributed by atoms with E-state index in [4.69, 9.17) is 0 Å². The van der Waals surface area contributed by atoms with Gasteiger partial charge in [-0.3, -0.25) is 0 Å². The number of halogens is 6. The molecule has 0 saturated heterocycles. The third-order valence-corrected chi connectivity index (χ3v) is 3.25. The van der Waals surface area contributed by atoms with Gasteiger partial charge in [0.2, 0.25) is 0 Å². The molecule has 3 rings (SSSR count). The van der Waals surface area contributed by atoms with Gasteiger partial charge in [0.1, 0.15) is 0 Å². The predicted octanol–water partition coefficient (Wildman–Crippen LogP) is 5.99. The van der Waals surface area contributed by atoms with Crippen molar-refractivity contribution in [2.75, 3.05) is 0 Å². The summed E-state index contributed by atoms with van der Waals surface area (Å²) in [5, 5.41) is 0.233. The lowest BCUT2D eigenvalue weighted by Crippen LogP contribution is -2.04. The largest absolute Gasteiger partial charge is 0.416 e. The summed E-state index contributed by atoms with van der Waals surface area (Å²) >= 11 is 0. The molecule has 1 N–H and O–H groups in total. The van der Waals surface area contributed by atoms with E-state index in [9.17, 15) is 26.3 Å². The highest BCUT2D eigenvalue weighted by atomic mass is 19.4. The normalized spacial score (nSPS) is 12.6. The van der Waals surface area contributed by atoms with E-state index in [1.54, 1.807) is 0 Å². The monoisotopic (exact) mass is 319 g/mol. The van der Waals surface area contributed by atoms with E-state index in [0.29, 0.717) is 11.0 Å². The summed E-state index contributed by atoms with van der Waals surface area (Å²) in [4.78, 5) is 2.80. The highest BCUT2D eigenvalue weighted by Gasteiger charge is 2.32. The summed E-state index contributed by atoms with van der Waals surface area (Å²) in [5.74, 6) is 0. The van der Waals surface area contributed by atoms with E-state index in [1.165, 1.54) is 12.1 Å². The second-order valence-corrected chi connectivity index (χ2v) is 4.64. The molecule has 118 valence electrons. The molecule has 0 fully saturated rings. The lowest BCUT2D eigenvalue weighted by molar-refractivity contribution is -0.138. The van der Waals surface area contributed by atoms with E-state index in [1.807, 2.05) is 0 Å². The molecule has 1 aromatic heterocycles. The van der Waals surface area contributed by atoms with Crippen molar-refractivity contribution in [3.05, 3.63) is 47.5 Å². The van der Waals surface area contributed by atoms with Gasteiger partial charge in [-0.2, -0.15) is 26.3 Å². The maximum Gasteiger partial charge on any atom is 0.416 e. The summed E-state index contributed by atoms with van der Waals surface area (Å²) in [7, 11) is 0. The Kier molecular flexibility index (Phi) is 3.63. The molecule has 1 heterocycles. The van der Waals surface area contributed by atoms with Gasteiger partial charge in [-0.05, 0) is 36.4 Å². The molecule has 0 atom stereocenters. The maximum atomic E-state index is 12.7. The number of rotatable bonds is 0. The fourth-order valence-corrected chi connectivity index (χ4v) is 2.25. The Bertz CT molecular complexity index is 757. The van der Waals surface area contributed by atoms with Gasteiger partial charge in [0.15, 0.2) is 0 Å². The van der Waals surface area contributed by atoms with Gasteiger partial charge < -0.3 is 4.98 Å². The van der Waals surface area contributed by atoms with Crippen molar-refractivity contribution in [3.8, 4) is 0 Å². The van der Waals surface area contributed by atoms with Crippen LogP contribution in [0.2, 0.25) is 0 Å². The Balaban J connectivity index is 0.00000176. The molecular weight excluding hydrogens is 308 g/mol. The minimum Gasteiger partial charge on any atom is -0.355 e. The van der Waals surface area contributed by atoms with Crippen LogP contribution in [0.4, 0.5) is 26.3 Å². The van der Waals surface area contributed by atoms with Gasteiger partial charge in [0.05, 0.1) is 11.1 Å². The number of hydrogen-bond donors (Lipinski definition) is 1. The number of fused-ring (bicyclic) bond motifs is 3. The second kappa shape index (κ2) is 4.93. The first-order valence-electron chi connectivity index (χ1n) is 5.86. The molecular formula is C15H11F6N. The quantitative estimate of drug-likeness (QED) is 0.490. The molecule has 2 aromatic carbocycles. The minimum atomic E-state index is -4.54. The Hall–Kier alpha value is -2.18. The van der Waals surface area contributed by atoms with Crippen LogP contribution in [0.5, 0.6) is 0 Å². The molecule has 0 aliphatic heterocycles. The highest BCUT2D eigenvalue weighted by molar-refractivity contribution is 6.07. The number of alkyl halides is 6. The molecule has 0 aliphatic carbocycles. The van der Waals surface area contributed by atoms with Gasteiger partial charge >= 0.3 is 12.4 Å². The topological polar surface area (TPSA) is 15.8 Å². The smallest absolute Gasteiger partial charge is 0.355 e. The van der Waals surface area contributed by atoms with Crippen molar-refractivity contribution in [1.29, 1.82) is 0 Å². The summed E-state index contributed by atoms with van der Waals surface area (Å²) in [5.41, 5.74) is -1.07. The second-order valence-electron chi connectivity index (χ2n) is 4.64. The van der Waals surface area contributed by atoms with Gasteiger partial charge in [0, 0.05) is 21.8 Å². The zero-order chi connectivity index (χ0) is 15.4. The molecule has 0 spiro atoms. The van der Waals surface area contributed by atoms with Gasteiger partial charge in [0.25, 0.3) is 0 Å². The molecule has 0 amide bonds. The predicted molar refractivity (Wildman–Crippen MR) is 72.5 cm³/mol. The van der Waals surface area contributed by atoms with Gasteiger partial charge in [-0.1, -0.05) is 7.43 Å². The summed E-state index contributed by atoms with van der Waals surface area (Å²) in [6.45, 7) is 0. The van der Waals surface area contributed by atoms with E-state index in [0.717, 1.165) is 24.3 Å². The van der Waals surface area contributed by atoms with E-state index >= 15 is 0 Å². The van der Waals surface area contributed by atoms with Crippen molar-refractivity contribution in [3.63, 3.8) is 0 Å². The molecule has 0 radical (unpaired) electrons. The van der Waals surface area contributed by atoms with E-state index < -0.39 is 23.5 Å². The van der Waals surface area contributed by atoms with Crippen molar-refractivity contribution < 1.29 is 26.3 Å². The Labute approximate surface area is 121 Å². The first-order chi connectivity index (χ1) is 9.66. The molecule has 22 heavy (non-hydrogen) atoms.